The van der Waals surface area contributed by atoms with E-state index in [1.807, 2.05) is 6.92 Å². The molecule has 1 aromatic heterocycles. The Morgan fingerprint density at radius 1 is 1.56 bits per heavy atom. The quantitative estimate of drug-likeness (QED) is 0.867. The molecule has 2 rings (SSSR count). The molecule has 1 aliphatic rings. The van der Waals surface area contributed by atoms with Crippen LogP contribution in [0.3, 0.4) is 0 Å². The lowest BCUT2D eigenvalue weighted by atomic mass is 9.96. The summed E-state index contributed by atoms with van der Waals surface area (Å²) in [5.74, 6) is -0.591. The minimum absolute atomic E-state index is 0.0631. The molecule has 0 aromatic carbocycles. The van der Waals surface area contributed by atoms with E-state index in [9.17, 15) is 9.18 Å². The molecule has 2 unspecified atom stereocenters. The molecule has 4 nitrogen and oxygen atoms in total. The van der Waals surface area contributed by atoms with Gasteiger partial charge in [-0.05, 0) is 38.3 Å². The highest BCUT2D eigenvalue weighted by atomic mass is 19.1. The summed E-state index contributed by atoms with van der Waals surface area (Å²) in [5.41, 5.74) is 6.00. The Labute approximate surface area is 106 Å². The van der Waals surface area contributed by atoms with E-state index in [-0.39, 0.29) is 23.7 Å². The first kappa shape index (κ1) is 13.0. The van der Waals surface area contributed by atoms with Gasteiger partial charge >= 0.3 is 0 Å². The van der Waals surface area contributed by atoms with Gasteiger partial charge in [0, 0.05) is 18.6 Å². The Kier molecular flexibility index (Phi) is 3.91. The van der Waals surface area contributed by atoms with Crippen LogP contribution in [-0.2, 0) is 0 Å². The zero-order valence-corrected chi connectivity index (χ0v) is 10.5. The highest BCUT2D eigenvalue weighted by Crippen LogP contribution is 2.23. The summed E-state index contributed by atoms with van der Waals surface area (Å²) in [6.07, 6.45) is 4.06. The largest absolute Gasteiger partial charge is 0.330 e. The highest BCUT2D eigenvalue weighted by molar-refractivity contribution is 5.92. The Hall–Kier alpha value is -1.49. The van der Waals surface area contributed by atoms with Crippen LogP contribution in [0.4, 0.5) is 4.39 Å². The van der Waals surface area contributed by atoms with Crippen molar-refractivity contribution in [1.82, 2.24) is 9.88 Å². The number of piperidine rings is 1. The van der Waals surface area contributed by atoms with Crippen molar-refractivity contribution in [3.63, 3.8) is 0 Å². The molecule has 0 saturated carbocycles. The van der Waals surface area contributed by atoms with Crippen molar-refractivity contribution in [2.24, 2.45) is 5.73 Å². The third kappa shape index (κ3) is 2.51. The van der Waals surface area contributed by atoms with Crippen molar-refractivity contribution < 1.29 is 9.18 Å². The predicted molar refractivity (Wildman–Crippen MR) is 66.5 cm³/mol. The zero-order chi connectivity index (χ0) is 13.1. The second-order valence-corrected chi connectivity index (χ2v) is 4.74. The first-order chi connectivity index (χ1) is 8.63. The van der Waals surface area contributed by atoms with Gasteiger partial charge in [0.15, 0.2) is 0 Å². The number of pyridine rings is 1. The fourth-order valence-corrected chi connectivity index (χ4v) is 2.52. The lowest BCUT2D eigenvalue weighted by Crippen LogP contribution is -2.52. The Morgan fingerprint density at radius 3 is 2.94 bits per heavy atom. The number of hydrogen-bond donors (Lipinski definition) is 1. The average molecular weight is 251 g/mol. The molecule has 2 heterocycles. The van der Waals surface area contributed by atoms with E-state index in [1.54, 1.807) is 4.90 Å². The van der Waals surface area contributed by atoms with E-state index in [1.165, 1.54) is 12.1 Å². The van der Waals surface area contributed by atoms with Gasteiger partial charge in [-0.25, -0.2) is 9.37 Å². The molecule has 1 fully saturated rings. The van der Waals surface area contributed by atoms with Gasteiger partial charge in [0.2, 0.25) is 0 Å². The van der Waals surface area contributed by atoms with E-state index in [2.05, 4.69) is 4.98 Å². The van der Waals surface area contributed by atoms with Crippen molar-refractivity contribution in [2.75, 3.05) is 6.54 Å². The van der Waals surface area contributed by atoms with Crippen LogP contribution >= 0.6 is 0 Å². The number of hydrogen-bond acceptors (Lipinski definition) is 3. The average Bonchev–Trinajstić information content (AvgIpc) is 2.38. The van der Waals surface area contributed by atoms with Crippen molar-refractivity contribution in [3.05, 3.63) is 29.8 Å². The summed E-state index contributed by atoms with van der Waals surface area (Å²) in [6.45, 7) is 2.47. The van der Waals surface area contributed by atoms with Crippen LogP contribution in [0.15, 0.2) is 18.3 Å². The monoisotopic (exact) mass is 251 g/mol. The van der Waals surface area contributed by atoms with Crippen LogP contribution in [0, 0.1) is 5.82 Å². The van der Waals surface area contributed by atoms with Crippen LogP contribution < -0.4 is 5.73 Å². The van der Waals surface area contributed by atoms with Gasteiger partial charge in [-0.15, -0.1) is 0 Å². The number of rotatable bonds is 2. The number of halogens is 1. The molecule has 0 spiro atoms. The molecular weight excluding hydrogens is 233 g/mol. The summed E-state index contributed by atoms with van der Waals surface area (Å²) in [6, 6.07) is 2.90. The van der Waals surface area contributed by atoms with Gasteiger partial charge in [0.25, 0.3) is 5.91 Å². The van der Waals surface area contributed by atoms with Crippen LogP contribution in [-0.4, -0.2) is 34.4 Å². The third-order valence-corrected chi connectivity index (χ3v) is 3.48. The SMILES string of the molecule is CC1CCCC(CN)N1C(=O)c1ccc(F)cn1. The van der Waals surface area contributed by atoms with E-state index in [0.717, 1.165) is 25.5 Å². The van der Waals surface area contributed by atoms with Crippen molar-refractivity contribution in [3.8, 4) is 0 Å². The Morgan fingerprint density at radius 2 is 2.33 bits per heavy atom. The highest BCUT2D eigenvalue weighted by Gasteiger charge is 2.31. The number of carbonyl (C=O) groups excluding carboxylic acids is 1. The summed E-state index contributed by atoms with van der Waals surface area (Å²) in [4.78, 5) is 18.0. The standard InChI is InChI=1S/C13H18FN3O/c1-9-3-2-4-11(7-15)17(9)13(18)12-6-5-10(14)8-16-12/h5-6,8-9,11H,2-4,7,15H2,1H3. The van der Waals surface area contributed by atoms with E-state index in [4.69, 9.17) is 5.73 Å². The zero-order valence-electron chi connectivity index (χ0n) is 10.5. The fraction of sp³-hybridized carbons (Fsp3) is 0.538. The summed E-state index contributed by atoms with van der Waals surface area (Å²) in [7, 11) is 0. The molecule has 2 N–H and O–H groups in total. The van der Waals surface area contributed by atoms with Crippen molar-refractivity contribution in [1.29, 1.82) is 0 Å². The number of carbonyl (C=O) groups is 1. The molecule has 1 saturated heterocycles. The minimum Gasteiger partial charge on any atom is -0.330 e. The molecule has 1 aliphatic heterocycles. The fourth-order valence-electron chi connectivity index (χ4n) is 2.52. The Balaban J connectivity index is 2.22. The molecule has 18 heavy (non-hydrogen) atoms. The predicted octanol–water partition coefficient (Wildman–Crippen LogP) is 1.56. The Bertz CT molecular complexity index is 421. The second-order valence-electron chi connectivity index (χ2n) is 4.74. The number of aromatic nitrogens is 1. The lowest BCUT2D eigenvalue weighted by Gasteiger charge is -2.40. The normalized spacial score (nSPS) is 24.1. The summed E-state index contributed by atoms with van der Waals surface area (Å²) < 4.78 is 12.8. The third-order valence-electron chi connectivity index (χ3n) is 3.48. The van der Waals surface area contributed by atoms with Crippen molar-refractivity contribution in [2.45, 2.75) is 38.3 Å². The first-order valence-corrected chi connectivity index (χ1v) is 6.27. The van der Waals surface area contributed by atoms with Crippen LogP contribution in [0.2, 0.25) is 0 Å². The molecule has 0 aliphatic carbocycles. The van der Waals surface area contributed by atoms with Gasteiger partial charge in [0.1, 0.15) is 11.5 Å². The number of likely N-dealkylation sites (tertiary alicyclic amines) is 1. The smallest absolute Gasteiger partial charge is 0.272 e. The molecule has 1 amide bonds. The molecule has 1 aromatic rings. The maximum Gasteiger partial charge on any atom is 0.272 e. The molecule has 0 radical (unpaired) electrons. The van der Waals surface area contributed by atoms with Crippen LogP contribution in [0.25, 0.3) is 0 Å². The summed E-state index contributed by atoms with van der Waals surface area (Å²) in [5, 5.41) is 0. The molecule has 5 heteroatoms. The lowest BCUT2D eigenvalue weighted by molar-refractivity contribution is 0.0488. The molecular formula is C13H18FN3O. The van der Waals surface area contributed by atoms with Crippen LogP contribution in [0.5, 0.6) is 0 Å². The van der Waals surface area contributed by atoms with E-state index in [0.29, 0.717) is 6.54 Å². The van der Waals surface area contributed by atoms with Gasteiger partial charge in [-0.2, -0.15) is 0 Å². The molecule has 0 bridgehead atoms. The first-order valence-electron chi connectivity index (χ1n) is 6.27. The number of amides is 1. The van der Waals surface area contributed by atoms with Crippen LogP contribution in [0.1, 0.15) is 36.7 Å². The molecule has 2 atom stereocenters. The van der Waals surface area contributed by atoms with Crippen molar-refractivity contribution >= 4 is 5.91 Å². The van der Waals surface area contributed by atoms with Gasteiger partial charge in [0.05, 0.1) is 6.20 Å². The number of nitrogens with zero attached hydrogens (tertiary/aromatic N) is 2. The van der Waals surface area contributed by atoms with E-state index >= 15 is 0 Å². The minimum atomic E-state index is -0.436. The number of nitrogens with two attached hydrogens (primary N) is 1. The topological polar surface area (TPSA) is 59.2 Å². The van der Waals surface area contributed by atoms with Gasteiger partial charge < -0.3 is 10.6 Å². The second kappa shape index (κ2) is 5.44. The van der Waals surface area contributed by atoms with Gasteiger partial charge in [-0.3, -0.25) is 4.79 Å². The van der Waals surface area contributed by atoms with Gasteiger partial charge in [-0.1, -0.05) is 0 Å². The summed E-state index contributed by atoms with van der Waals surface area (Å²) >= 11 is 0. The maximum absolute atomic E-state index is 12.8. The molecule has 98 valence electrons. The van der Waals surface area contributed by atoms with E-state index < -0.39 is 5.82 Å². The maximum atomic E-state index is 12.8.